The van der Waals surface area contributed by atoms with Crippen molar-refractivity contribution >= 4 is 23.9 Å². The van der Waals surface area contributed by atoms with Crippen molar-refractivity contribution in [3.8, 4) is 5.75 Å². The van der Waals surface area contributed by atoms with Gasteiger partial charge in [-0.05, 0) is 19.1 Å². The lowest BCUT2D eigenvalue weighted by atomic mass is 10.1. The van der Waals surface area contributed by atoms with E-state index < -0.39 is 5.97 Å². The van der Waals surface area contributed by atoms with Gasteiger partial charge < -0.3 is 9.47 Å². The monoisotopic (exact) mass is 242 g/mol. The van der Waals surface area contributed by atoms with Gasteiger partial charge in [-0.3, -0.25) is 4.79 Å². The number of hydrogen-bond acceptors (Lipinski definition) is 4. The average Bonchev–Trinajstić information content (AvgIpc) is 2.28. The minimum absolute atomic E-state index is 0.152. The van der Waals surface area contributed by atoms with Gasteiger partial charge in [0.25, 0.3) is 0 Å². The molecular formula is C11H11ClO4. The van der Waals surface area contributed by atoms with E-state index in [0.29, 0.717) is 11.8 Å². The van der Waals surface area contributed by atoms with Gasteiger partial charge in [0.05, 0.1) is 18.7 Å². The lowest BCUT2D eigenvalue weighted by Gasteiger charge is -2.10. The highest BCUT2D eigenvalue weighted by Gasteiger charge is 2.17. The Morgan fingerprint density at radius 2 is 2.19 bits per heavy atom. The molecule has 0 bridgehead atoms. The first kappa shape index (κ1) is 12.5. The van der Waals surface area contributed by atoms with Crippen molar-refractivity contribution in [3.05, 3.63) is 28.3 Å². The van der Waals surface area contributed by atoms with Crippen LogP contribution in [-0.4, -0.2) is 26.0 Å². The standard InChI is InChI=1S/C11H11ClO4/c1-3-16-11(14)8-4-7(6-13)5-9(12)10(8)15-2/h4-6H,3H2,1-2H3. The Kier molecular flexibility index (Phi) is 4.31. The Hall–Kier alpha value is -1.55. The molecule has 0 amide bonds. The Morgan fingerprint density at radius 1 is 1.50 bits per heavy atom. The Morgan fingerprint density at radius 3 is 2.69 bits per heavy atom. The number of carbonyl (C=O) groups excluding carboxylic acids is 2. The van der Waals surface area contributed by atoms with Crippen LogP contribution >= 0.6 is 11.6 Å². The van der Waals surface area contributed by atoms with Crippen LogP contribution in [0.15, 0.2) is 12.1 Å². The van der Waals surface area contributed by atoms with Gasteiger partial charge in [0, 0.05) is 5.56 Å². The maximum atomic E-state index is 11.6. The molecule has 86 valence electrons. The second kappa shape index (κ2) is 5.51. The minimum atomic E-state index is -0.565. The molecule has 4 nitrogen and oxygen atoms in total. The summed E-state index contributed by atoms with van der Waals surface area (Å²) >= 11 is 5.87. The highest BCUT2D eigenvalue weighted by atomic mass is 35.5. The van der Waals surface area contributed by atoms with Gasteiger partial charge in [-0.1, -0.05) is 11.6 Å². The van der Waals surface area contributed by atoms with Crippen molar-refractivity contribution in [1.29, 1.82) is 0 Å². The molecule has 1 aromatic rings. The van der Waals surface area contributed by atoms with Crippen LogP contribution in [0.3, 0.4) is 0 Å². The number of esters is 1. The van der Waals surface area contributed by atoms with Gasteiger partial charge in [-0.25, -0.2) is 4.79 Å². The average molecular weight is 243 g/mol. The molecule has 5 heteroatoms. The summed E-state index contributed by atoms with van der Waals surface area (Å²) in [4.78, 5) is 22.2. The first-order chi connectivity index (χ1) is 7.63. The molecule has 0 aliphatic carbocycles. The molecule has 0 unspecified atom stereocenters. The van der Waals surface area contributed by atoms with E-state index in [0.717, 1.165) is 0 Å². The number of hydrogen-bond donors (Lipinski definition) is 0. The van der Waals surface area contributed by atoms with E-state index in [4.69, 9.17) is 21.1 Å². The third-order valence-corrected chi connectivity index (χ3v) is 2.18. The van der Waals surface area contributed by atoms with E-state index in [9.17, 15) is 9.59 Å². The summed E-state index contributed by atoms with van der Waals surface area (Å²) in [7, 11) is 1.39. The highest BCUT2D eigenvalue weighted by Crippen LogP contribution is 2.30. The molecule has 0 aliphatic rings. The smallest absolute Gasteiger partial charge is 0.341 e. The second-order valence-corrected chi connectivity index (χ2v) is 3.33. The molecule has 0 heterocycles. The molecule has 0 spiro atoms. The zero-order valence-corrected chi connectivity index (χ0v) is 9.71. The van der Waals surface area contributed by atoms with Gasteiger partial charge in [0.2, 0.25) is 0 Å². The molecule has 0 aromatic heterocycles. The fraction of sp³-hybridized carbons (Fsp3) is 0.273. The fourth-order valence-corrected chi connectivity index (χ4v) is 1.56. The zero-order valence-electron chi connectivity index (χ0n) is 8.95. The molecule has 0 saturated heterocycles. The van der Waals surface area contributed by atoms with E-state index >= 15 is 0 Å². The predicted octanol–water partition coefficient (Wildman–Crippen LogP) is 2.34. The van der Waals surface area contributed by atoms with E-state index in [1.807, 2.05) is 0 Å². The molecule has 0 N–H and O–H groups in total. The summed E-state index contributed by atoms with van der Waals surface area (Å²) in [5.41, 5.74) is 0.452. The van der Waals surface area contributed by atoms with Crippen LogP contribution < -0.4 is 4.74 Å². The number of ether oxygens (including phenoxy) is 2. The highest BCUT2D eigenvalue weighted by molar-refractivity contribution is 6.33. The maximum Gasteiger partial charge on any atom is 0.341 e. The Bertz CT molecular complexity index is 415. The summed E-state index contributed by atoms with van der Waals surface area (Å²) in [6, 6.07) is 2.81. The van der Waals surface area contributed by atoms with Crippen LogP contribution in [0, 0.1) is 0 Å². The van der Waals surface area contributed by atoms with Crippen LogP contribution in [0.2, 0.25) is 5.02 Å². The van der Waals surface area contributed by atoms with Crippen LogP contribution in [0.25, 0.3) is 0 Å². The maximum absolute atomic E-state index is 11.6. The van der Waals surface area contributed by atoms with Crippen LogP contribution in [0.5, 0.6) is 5.75 Å². The van der Waals surface area contributed by atoms with E-state index in [1.54, 1.807) is 6.92 Å². The molecule has 0 fully saturated rings. The Balaban J connectivity index is 3.27. The van der Waals surface area contributed by atoms with Crippen LogP contribution in [-0.2, 0) is 4.74 Å². The number of aldehydes is 1. The van der Waals surface area contributed by atoms with E-state index in [1.165, 1.54) is 19.2 Å². The first-order valence-electron chi connectivity index (χ1n) is 4.63. The van der Waals surface area contributed by atoms with Crippen molar-refractivity contribution in [2.24, 2.45) is 0 Å². The number of carbonyl (C=O) groups is 2. The minimum Gasteiger partial charge on any atom is -0.494 e. The SMILES string of the molecule is CCOC(=O)c1cc(C=O)cc(Cl)c1OC. The third-order valence-electron chi connectivity index (χ3n) is 1.90. The molecule has 1 aromatic carbocycles. The second-order valence-electron chi connectivity index (χ2n) is 2.92. The largest absolute Gasteiger partial charge is 0.494 e. The molecule has 16 heavy (non-hydrogen) atoms. The topological polar surface area (TPSA) is 52.6 Å². The summed E-state index contributed by atoms with van der Waals surface area (Å²) in [6.45, 7) is 1.93. The lowest BCUT2D eigenvalue weighted by molar-refractivity contribution is 0.0522. The quantitative estimate of drug-likeness (QED) is 0.601. The number of methoxy groups -OCH3 is 1. The van der Waals surface area contributed by atoms with Gasteiger partial charge in [0.15, 0.2) is 5.75 Å². The molecule has 0 radical (unpaired) electrons. The first-order valence-corrected chi connectivity index (χ1v) is 5.01. The normalized spacial score (nSPS) is 9.69. The molecule has 0 atom stereocenters. The van der Waals surface area contributed by atoms with Gasteiger partial charge in [0.1, 0.15) is 11.8 Å². The summed E-state index contributed by atoms with van der Waals surface area (Å²) in [5.74, 6) is -0.351. The number of rotatable bonds is 4. The van der Waals surface area contributed by atoms with Crippen molar-refractivity contribution in [3.63, 3.8) is 0 Å². The van der Waals surface area contributed by atoms with Crippen LogP contribution in [0.4, 0.5) is 0 Å². The number of benzene rings is 1. The molecule has 0 aliphatic heterocycles. The van der Waals surface area contributed by atoms with Gasteiger partial charge in [-0.15, -0.1) is 0 Å². The zero-order chi connectivity index (χ0) is 12.1. The summed E-state index contributed by atoms with van der Waals surface area (Å²) in [5, 5.41) is 0.204. The van der Waals surface area contributed by atoms with Gasteiger partial charge in [-0.2, -0.15) is 0 Å². The lowest BCUT2D eigenvalue weighted by Crippen LogP contribution is -2.07. The summed E-state index contributed by atoms with van der Waals surface area (Å²) < 4.78 is 9.83. The third kappa shape index (κ3) is 2.52. The Labute approximate surface area is 98.1 Å². The van der Waals surface area contributed by atoms with Crippen molar-refractivity contribution in [2.75, 3.05) is 13.7 Å². The number of halogens is 1. The molecule has 1 rings (SSSR count). The van der Waals surface area contributed by atoms with Gasteiger partial charge >= 0.3 is 5.97 Å². The fourth-order valence-electron chi connectivity index (χ4n) is 1.25. The van der Waals surface area contributed by atoms with E-state index in [2.05, 4.69) is 0 Å². The summed E-state index contributed by atoms with van der Waals surface area (Å²) in [6.07, 6.45) is 0.605. The predicted molar refractivity (Wildman–Crippen MR) is 59.3 cm³/mol. The van der Waals surface area contributed by atoms with Crippen molar-refractivity contribution < 1.29 is 19.1 Å². The van der Waals surface area contributed by atoms with Crippen molar-refractivity contribution in [2.45, 2.75) is 6.92 Å². The molecular weight excluding hydrogens is 232 g/mol. The van der Waals surface area contributed by atoms with Crippen molar-refractivity contribution in [1.82, 2.24) is 0 Å². The van der Waals surface area contributed by atoms with Crippen LogP contribution in [0.1, 0.15) is 27.6 Å². The molecule has 0 saturated carbocycles. The van der Waals surface area contributed by atoms with E-state index in [-0.39, 0.29) is 22.9 Å².